The SMILES string of the molecule is NC1NN2CC(F)CNC2C1C(=O)Nc1cncc(F)c1N1CCN(S(=O)(=O)C2CC2)CC1. The average molecular weight is 487 g/mol. The molecular weight excluding hydrogens is 458 g/mol. The lowest BCUT2D eigenvalue weighted by Crippen LogP contribution is -2.58. The smallest absolute Gasteiger partial charge is 0.233 e. The maximum Gasteiger partial charge on any atom is 0.233 e. The normalized spacial score (nSPS) is 31.4. The van der Waals surface area contributed by atoms with Crippen LogP contribution in [0.25, 0.3) is 0 Å². The van der Waals surface area contributed by atoms with Crippen LogP contribution in [-0.2, 0) is 14.8 Å². The molecule has 4 heterocycles. The lowest BCUT2D eigenvalue weighted by atomic mass is 10.0. The van der Waals surface area contributed by atoms with Crippen LogP contribution in [0.15, 0.2) is 12.4 Å². The molecule has 1 aromatic heterocycles. The second-order valence-corrected chi connectivity index (χ2v) is 11.1. The molecule has 5 rings (SSSR count). The maximum absolute atomic E-state index is 14.8. The number of aromatic nitrogens is 1. The number of halogens is 2. The molecule has 3 saturated heterocycles. The largest absolute Gasteiger partial charge is 0.365 e. The molecule has 0 aromatic carbocycles. The lowest BCUT2D eigenvalue weighted by Gasteiger charge is -2.36. The summed E-state index contributed by atoms with van der Waals surface area (Å²) in [7, 11) is -3.29. The molecule has 182 valence electrons. The van der Waals surface area contributed by atoms with E-state index in [4.69, 9.17) is 5.73 Å². The molecule has 1 aromatic rings. The van der Waals surface area contributed by atoms with Crippen LogP contribution in [0.3, 0.4) is 0 Å². The van der Waals surface area contributed by atoms with Crippen molar-refractivity contribution >= 4 is 27.3 Å². The first-order chi connectivity index (χ1) is 15.8. The van der Waals surface area contributed by atoms with E-state index in [1.807, 2.05) is 0 Å². The molecule has 33 heavy (non-hydrogen) atoms. The Balaban J connectivity index is 1.30. The Morgan fingerprint density at radius 1 is 1.21 bits per heavy atom. The van der Waals surface area contributed by atoms with E-state index in [1.165, 1.54) is 10.5 Å². The number of hydrogen-bond acceptors (Lipinski definition) is 9. The van der Waals surface area contributed by atoms with Gasteiger partial charge in [-0.25, -0.2) is 27.6 Å². The van der Waals surface area contributed by atoms with E-state index in [1.54, 1.807) is 9.91 Å². The molecule has 4 fully saturated rings. The number of carbonyl (C=O) groups excluding carboxylic acids is 1. The molecule has 4 atom stereocenters. The van der Waals surface area contributed by atoms with Crippen LogP contribution >= 0.6 is 0 Å². The summed E-state index contributed by atoms with van der Waals surface area (Å²) in [6.45, 7) is 1.29. The van der Waals surface area contributed by atoms with Crippen LogP contribution in [0.4, 0.5) is 20.2 Å². The minimum Gasteiger partial charge on any atom is -0.365 e. The van der Waals surface area contributed by atoms with Crippen molar-refractivity contribution in [2.45, 2.75) is 36.6 Å². The number of hydrazine groups is 1. The molecule has 1 aliphatic carbocycles. The van der Waals surface area contributed by atoms with Crippen LogP contribution in [-0.4, -0.2) is 91.6 Å². The van der Waals surface area contributed by atoms with Gasteiger partial charge in [0, 0.05) is 39.3 Å². The molecule has 1 saturated carbocycles. The van der Waals surface area contributed by atoms with Crippen molar-refractivity contribution in [3.05, 3.63) is 18.2 Å². The second kappa shape index (κ2) is 8.67. The molecule has 0 spiro atoms. The fraction of sp³-hybridized carbons (Fsp3) is 0.684. The van der Waals surface area contributed by atoms with Crippen molar-refractivity contribution in [3.8, 4) is 0 Å². The van der Waals surface area contributed by atoms with Crippen LogP contribution in [0, 0.1) is 11.7 Å². The van der Waals surface area contributed by atoms with Crippen LogP contribution in [0.5, 0.6) is 0 Å². The van der Waals surface area contributed by atoms with Gasteiger partial charge in [0.25, 0.3) is 0 Å². The molecule has 3 aliphatic heterocycles. The van der Waals surface area contributed by atoms with Gasteiger partial charge in [0.15, 0.2) is 5.82 Å². The molecule has 4 aliphatic rings. The molecule has 14 heteroatoms. The Morgan fingerprint density at radius 3 is 2.64 bits per heavy atom. The summed E-state index contributed by atoms with van der Waals surface area (Å²) in [4.78, 5) is 18.7. The summed E-state index contributed by atoms with van der Waals surface area (Å²) in [5, 5.41) is 7.01. The van der Waals surface area contributed by atoms with Gasteiger partial charge in [0.2, 0.25) is 15.9 Å². The summed E-state index contributed by atoms with van der Waals surface area (Å²) in [6, 6.07) is 0. The summed E-state index contributed by atoms with van der Waals surface area (Å²) < 4.78 is 55.0. The number of pyridine rings is 1. The first-order valence-corrected chi connectivity index (χ1v) is 12.6. The van der Waals surface area contributed by atoms with Gasteiger partial charge in [-0.3, -0.25) is 15.1 Å². The number of alkyl halides is 1. The number of amides is 1. The number of nitrogens with two attached hydrogens (primary N) is 1. The summed E-state index contributed by atoms with van der Waals surface area (Å²) in [6.07, 6.45) is 1.49. The van der Waals surface area contributed by atoms with Crippen molar-refractivity contribution in [1.82, 2.24) is 25.0 Å². The van der Waals surface area contributed by atoms with Gasteiger partial charge < -0.3 is 16.0 Å². The van der Waals surface area contributed by atoms with E-state index in [2.05, 4.69) is 21.0 Å². The number of nitrogens with zero attached hydrogens (tertiary/aromatic N) is 4. The molecule has 5 N–H and O–H groups in total. The number of anilines is 2. The summed E-state index contributed by atoms with van der Waals surface area (Å²) in [5.74, 6) is -1.80. The van der Waals surface area contributed by atoms with E-state index < -0.39 is 46.2 Å². The van der Waals surface area contributed by atoms with Crippen molar-refractivity contribution < 1.29 is 22.0 Å². The fourth-order valence-corrected chi connectivity index (χ4v) is 6.60. The second-order valence-electron chi connectivity index (χ2n) is 8.92. The van der Waals surface area contributed by atoms with Crippen LogP contribution in [0.1, 0.15) is 12.8 Å². The standard InChI is InChI=1S/C19H28F2N8O3S/c20-11-7-24-18-15(17(22)26-29(18)10-11)19(30)25-14-9-23-8-13(21)16(14)27-3-5-28(6-4-27)33(31,32)12-1-2-12/h8-9,11-12,15,17-18,24,26H,1-7,10,22H2,(H,25,30). The van der Waals surface area contributed by atoms with Gasteiger partial charge >= 0.3 is 0 Å². The Bertz CT molecular complexity index is 1020. The number of piperazine rings is 1. The highest BCUT2D eigenvalue weighted by atomic mass is 32.2. The summed E-state index contributed by atoms with van der Waals surface area (Å²) in [5.41, 5.74) is 9.36. The van der Waals surface area contributed by atoms with Crippen molar-refractivity contribution in [2.75, 3.05) is 49.5 Å². The van der Waals surface area contributed by atoms with Crippen molar-refractivity contribution in [1.29, 1.82) is 0 Å². The van der Waals surface area contributed by atoms with E-state index in [0.717, 1.165) is 6.20 Å². The number of carbonyl (C=O) groups is 1. The predicted octanol–water partition coefficient (Wildman–Crippen LogP) is -1.24. The van der Waals surface area contributed by atoms with Gasteiger partial charge in [-0.2, -0.15) is 4.31 Å². The van der Waals surface area contributed by atoms with Crippen molar-refractivity contribution in [2.24, 2.45) is 11.7 Å². The number of nitrogens with one attached hydrogen (secondary N) is 3. The Morgan fingerprint density at radius 2 is 1.94 bits per heavy atom. The highest BCUT2D eigenvalue weighted by Crippen LogP contribution is 2.34. The molecule has 0 bridgehead atoms. The molecule has 11 nitrogen and oxygen atoms in total. The Kier molecular flexibility index (Phi) is 5.99. The monoisotopic (exact) mass is 486 g/mol. The average Bonchev–Trinajstić information content (AvgIpc) is 3.57. The Labute approximate surface area is 190 Å². The fourth-order valence-electron chi connectivity index (χ4n) is 4.78. The zero-order valence-corrected chi connectivity index (χ0v) is 18.8. The molecule has 4 unspecified atom stereocenters. The van der Waals surface area contributed by atoms with Gasteiger partial charge in [-0.15, -0.1) is 0 Å². The maximum atomic E-state index is 14.8. The third-order valence-electron chi connectivity index (χ3n) is 6.61. The third-order valence-corrected chi connectivity index (χ3v) is 9.01. The van der Waals surface area contributed by atoms with Crippen molar-refractivity contribution in [3.63, 3.8) is 0 Å². The topological polar surface area (TPSA) is 136 Å². The third kappa shape index (κ3) is 4.31. The molecular formula is C19H28F2N8O3S. The summed E-state index contributed by atoms with van der Waals surface area (Å²) >= 11 is 0. The highest BCUT2D eigenvalue weighted by molar-refractivity contribution is 7.90. The quantitative estimate of drug-likeness (QED) is 0.403. The van der Waals surface area contributed by atoms with Crippen LogP contribution < -0.4 is 26.7 Å². The van der Waals surface area contributed by atoms with Gasteiger partial charge in [-0.05, 0) is 12.8 Å². The first-order valence-electron chi connectivity index (χ1n) is 11.1. The number of hydrogen-bond donors (Lipinski definition) is 4. The molecule has 0 radical (unpaired) electrons. The number of sulfonamides is 1. The minimum atomic E-state index is -3.29. The van der Waals surface area contributed by atoms with E-state index >= 15 is 0 Å². The highest BCUT2D eigenvalue weighted by Gasteiger charge is 2.47. The van der Waals surface area contributed by atoms with Crippen LogP contribution in [0.2, 0.25) is 0 Å². The van der Waals surface area contributed by atoms with Gasteiger partial charge in [0.1, 0.15) is 11.9 Å². The molecule has 1 amide bonds. The number of rotatable bonds is 5. The predicted molar refractivity (Wildman–Crippen MR) is 117 cm³/mol. The number of fused-ring (bicyclic) bond motifs is 1. The van der Waals surface area contributed by atoms with E-state index in [-0.39, 0.29) is 55.9 Å². The van der Waals surface area contributed by atoms with E-state index in [0.29, 0.717) is 12.8 Å². The van der Waals surface area contributed by atoms with Gasteiger partial charge in [-0.1, -0.05) is 0 Å². The van der Waals surface area contributed by atoms with Gasteiger partial charge in [0.05, 0.1) is 41.6 Å². The first kappa shape index (κ1) is 22.8. The minimum absolute atomic E-state index is 0.107. The lowest BCUT2D eigenvalue weighted by molar-refractivity contribution is -0.121. The Hall–Kier alpha value is -1.97. The zero-order chi connectivity index (χ0) is 23.3. The van der Waals surface area contributed by atoms with E-state index in [9.17, 15) is 22.0 Å². The zero-order valence-electron chi connectivity index (χ0n) is 18.0.